The van der Waals surface area contributed by atoms with Crippen molar-refractivity contribution in [3.8, 4) is 28.7 Å². The molecule has 0 bridgehead atoms. The number of hydrogen-bond acceptors (Lipinski definition) is 6. The van der Waals surface area contributed by atoms with Crippen molar-refractivity contribution >= 4 is 5.78 Å². The molecule has 0 saturated heterocycles. The standard InChI is InChI=1S/C40H64O6/c1-11-16-28(6)42-34-22-24-38(44-30(8)18-13-3)33(25-34)21-23-37(41)36-26-35(43-29(7)17-12-2)27-39(45-31(9)19-14-4)40(36)46-32(10)20-15-5/h22,24-32H,11-21,23H2,1-10H3. The summed E-state index contributed by atoms with van der Waals surface area (Å²) >= 11 is 0. The zero-order chi connectivity index (χ0) is 34.1. The quantitative estimate of drug-likeness (QED) is 0.106. The minimum Gasteiger partial charge on any atom is -0.491 e. The van der Waals surface area contributed by atoms with E-state index in [-0.39, 0.29) is 42.7 Å². The van der Waals surface area contributed by atoms with Gasteiger partial charge in [-0.25, -0.2) is 0 Å². The number of ether oxygens (including phenoxy) is 5. The van der Waals surface area contributed by atoms with Crippen molar-refractivity contribution < 1.29 is 28.5 Å². The molecule has 6 nitrogen and oxygen atoms in total. The molecule has 0 aliphatic rings. The van der Waals surface area contributed by atoms with Crippen molar-refractivity contribution in [1.82, 2.24) is 0 Å². The normalized spacial score (nSPS) is 14.6. The molecule has 0 radical (unpaired) electrons. The van der Waals surface area contributed by atoms with Crippen LogP contribution < -0.4 is 23.7 Å². The second-order valence-corrected chi connectivity index (χ2v) is 13.1. The number of ketones is 1. The van der Waals surface area contributed by atoms with Crippen LogP contribution in [0.5, 0.6) is 28.7 Å². The van der Waals surface area contributed by atoms with Gasteiger partial charge in [-0.3, -0.25) is 4.79 Å². The molecule has 5 unspecified atom stereocenters. The van der Waals surface area contributed by atoms with E-state index in [2.05, 4.69) is 69.2 Å². The van der Waals surface area contributed by atoms with E-state index in [0.29, 0.717) is 29.2 Å². The maximum absolute atomic E-state index is 14.2. The predicted octanol–water partition coefficient (Wildman–Crippen LogP) is 11.3. The molecule has 46 heavy (non-hydrogen) atoms. The number of Topliss-reactive ketones (excluding diaryl/α,β-unsaturated/α-hetero) is 1. The summed E-state index contributed by atoms with van der Waals surface area (Å²) < 4.78 is 31.9. The first-order valence-electron chi connectivity index (χ1n) is 18.2. The van der Waals surface area contributed by atoms with Gasteiger partial charge < -0.3 is 23.7 Å². The average molecular weight is 641 g/mol. The Morgan fingerprint density at radius 1 is 0.543 bits per heavy atom. The highest BCUT2D eigenvalue weighted by Crippen LogP contribution is 2.40. The maximum Gasteiger partial charge on any atom is 0.172 e. The Kier molecular flexibility index (Phi) is 18.0. The van der Waals surface area contributed by atoms with Gasteiger partial charge in [0, 0.05) is 12.5 Å². The van der Waals surface area contributed by atoms with Crippen LogP contribution in [0.25, 0.3) is 0 Å². The summed E-state index contributed by atoms with van der Waals surface area (Å²) in [5.41, 5.74) is 1.48. The lowest BCUT2D eigenvalue weighted by atomic mass is 10.00. The molecule has 0 spiro atoms. The van der Waals surface area contributed by atoms with E-state index in [1.807, 2.05) is 30.3 Å². The topological polar surface area (TPSA) is 63.2 Å². The van der Waals surface area contributed by atoms with Crippen LogP contribution in [-0.4, -0.2) is 36.3 Å². The van der Waals surface area contributed by atoms with E-state index in [9.17, 15) is 4.79 Å². The summed E-state index contributed by atoms with van der Waals surface area (Å²) in [6.45, 7) is 21.1. The number of benzene rings is 2. The smallest absolute Gasteiger partial charge is 0.172 e. The number of rotatable bonds is 24. The molecule has 5 atom stereocenters. The highest BCUT2D eigenvalue weighted by Gasteiger charge is 2.24. The Labute approximate surface area is 280 Å². The van der Waals surface area contributed by atoms with E-state index in [1.54, 1.807) is 0 Å². The first kappa shape index (κ1) is 39.3. The molecule has 0 aliphatic carbocycles. The van der Waals surface area contributed by atoms with E-state index >= 15 is 0 Å². The van der Waals surface area contributed by atoms with E-state index in [1.165, 1.54) is 0 Å². The Hall–Kier alpha value is -2.89. The van der Waals surface area contributed by atoms with Crippen LogP contribution in [0.15, 0.2) is 30.3 Å². The summed E-state index contributed by atoms with van der Waals surface area (Å²) in [5.74, 6) is 3.32. The number of carbonyl (C=O) groups is 1. The summed E-state index contributed by atoms with van der Waals surface area (Å²) in [7, 11) is 0. The van der Waals surface area contributed by atoms with Gasteiger partial charge in [0.15, 0.2) is 17.3 Å². The van der Waals surface area contributed by atoms with Crippen molar-refractivity contribution in [3.63, 3.8) is 0 Å². The molecular weight excluding hydrogens is 576 g/mol. The number of carbonyl (C=O) groups excluding carboxylic acids is 1. The van der Waals surface area contributed by atoms with Crippen LogP contribution in [0.2, 0.25) is 0 Å². The fourth-order valence-corrected chi connectivity index (χ4v) is 5.81. The van der Waals surface area contributed by atoms with Crippen molar-refractivity contribution in [2.75, 3.05) is 0 Å². The third-order valence-corrected chi connectivity index (χ3v) is 8.11. The van der Waals surface area contributed by atoms with Crippen molar-refractivity contribution in [3.05, 3.63) is 41.5 Å². The van der Waals surface area contributed by atoms with Crippen LogP contribution in [-0.2, 0) is 6.42 Å². The summed E-state index contributed by atoms with van der Waals surface area (Å²) in [4.78, 5) is 14.2. The Morgan fingerprint density at radius 2 is 1.00 bits per heavy atom. The minimum atomic E-state index is -0.0647. The third kappa shape index (κ3) is 13.5. The average Bonchev–Trinajstić information content (AvgIpc) is 2.98. The van der Waals surface area contributed by atoms with Crippen LogP contribution in [0.1, 0.15) is 156 Å². The van der Waals surface area contributed by atoms with E-state index in [4.69, 9.17) is 23.7 Å². The largest absolute Gasteiger partial charge is 0.491 e. The molecule has 2 aromatic rings. The number of hydrogen-bond donors (Lipinski definition) is 0. The first-order valence-corrected chi connectivity index (χ1v) is 18.2. The van der Waals surface area contributed by atoms with Gasteiger partial charge in [-0.2, -0.15) is 0 Å². The fourth-order valence-electron chi connectivity index (χ4n) is 5.81. The highest BCUT2D eigenvalue weighted by molar-refractivity contribution is 6.00. The molecule has 0 aliphatic heterocycles. The Morgan fingerprint density at radius 3 is 1.52 bits per heavy atom. The summed E-state index contributed by atoms with van der Waals surface area (Å²) in [6.07, 6.45) is 10.7. The molecule has 6 heteroatoms. The molecule has 2 aromatic carbocycles. The van der Waals surface area contributed by atoms with Gasteiger partial charge in [-0.1, -0.05) is 66.7 Å². The maximum atomic E-state index is 14.2. The van der Waals surface area contributed by atoms with Crippen molar-refractivity contribution in [2.45, 2.75) is 177 Å². The van der Waals surface area contributed by atoms with E-state index in [0.717, 1.165) is 81.3 Å². The van der Waals surface area contributed by atoms with Gasteiger partial charge in [-0.15, -0.1) is 0 Å². The molecule has 0 saturated carbocycles. The fraction of sp³-hybridized carbons (Fsp3) is 0.675. The lowest BCUT2D eigenvalue weighted by Crippen LogP contribution is -2.19. The van der Waals surface area contributed by atoms with Crippen molar-refractivity contribution in [2.24, 2.45) is 0 Å². The lowest BCUT2D eigenvalue weighted by Gasteiger charge is -2.24. The van der Waals surface area contributed by atoms with Crippen LogP contribution in [0.3, 0.4) is 0 Å². The zero-order valence-corrected chi connectivity index (χ0v) is 30.7. The molecular formula is C40H64O6. The zero-order valence-electron chi connectivity index (χ0n) is 30.7. The number of aryl methyl sites for hydroxylation is 1. The SMILES string of the molecule is CCCC(C)Oc1ccc(OC(C)CCC)c(CCC(=O)c2cc(OC(C)CCC)cc(OC(C)CCC)c2OC(C)CCC)c1. The molecule has 0 aromatic heterocycles. The summed E-state index contributed by atoms with van der Waals surface area (Å²) in [5, 5.41) is 0. The van der Waals surface area contributed by atoms with Gasteiger partial charge in [0.1, 0.15) is 17.2 Å². The van der Waals surface area contributed by atoms with Crippen molar-refractivity contribution in [1.29, 1.82) is 0 Å². The molecule has 2 rings (SSSR count). The molecule has 0 heterocycles. The van der Waals surface area contributed by atoms with Gasteiger partial charge in [0.05, 0.1) is 36.1 Å². The van der Waals surface area contributed by atoms with E-state index < -0.39 is 0 Å². The Balaban J connectivity index is 2.53. The van der Waals surface area contributed by atoms with Gasteiger partial charge in [-0.05, 0) is 103 Å². The lowest BCUT2D eigenvalue weighted by molar-refractivity contribution is 0.0970. The molecule has 260 valence electrons. The van der Waals surface area contributed by atoms with Crippen LogP contribution in [0, 0.1) is 0 Å². The Bertz CT molecular complexity index is 1160. The van der Waals surface area contributed by atoms with Gasteiger partial charge >= 0.3 is 0 Å². The second kappa shape index (κ2) is 21.1. The monoisotopic (exact) mass is 640 g/mol. The second-order valence-electron chi connectivity index (χ2n) is 13.1. The molecule has 0 amide bonds. The van der Waals surface area contributed by atoms with Crippen LogP contribution in [0.4, 0.5) is 0 Å². The summed E-state index contributed by atoms with van der Waals surface area (Å²) in [6, 6.07) is 9.77. The predicted molar refractivity (Wildman–Crippen MR) is 191 cm³/mol. The van der Waals surface area contributed by atoms with Gasteiger partial charge in [0.2, 0.25) is 0 Å². The molecule has 0 N–H and O–H groups in total. The molecule has 0 fully saturated rings. The van der Waals surface area contributed by atoms with Gasteiger partial charge in [0.25, 0.3) is 0 Å². The first-order chi connectivity index (χ1) is 22.0. The third-order valence-electron chi connectivity index (χ3n) is 8.11. The highest BCUT2D eigenvalue weighted by atomic mass is 16.5. The minimum absolute atomic E-state index is 0.0153. The van der Waals surface area contributed by atoms with Crippen LogP contribution >= 0.6 is 0 Å².